The number of methoxy groups -OCH3 is 1. The molecule has 2 aromatic rings. The zero-order valence-corrected chi connectivity index (χ0v) is 18.5. The second-order valence-electron chi connectivity index (χ2n) is 8.21. The zero-order chi connectivity index (χ0) is 20.2. The van der Waals surface area contributed by atoms with Gasteiger partial charge in [-0.05, 0) is 41.8 Å². The van der Waals surface area contributed by atoms with Crippen molar-refractivity contribution in [3.05, 3.63) is 42.0 Å². The fourth-order valence-electron chi connectivity index (χ4n) is 4.65. The van der Waals surface area contributed by atoms with E-state index in [9.17, 15) is 9.59 Å². The Morgan fingerprint density at radius 2 is 1.60 bits per heavy atom. The van der Waals surface area contributed by atoms with Crippen LogP contribution in [0.1, 0.15) is 48.9 Å². The molecule has 5 nitrogen and oxygen atoms in total. The lowest BCUT2D eigenvalue weighted by atomic mass is 10.0. The molecule has 2 aromatic carbocycles. The number of piperazine rings is 1. The van der Waals surface area contributed by atoms with E-state index in [1.165, 1.54) is 25.7 Å². The van der Waals surface area contributed by atoms with E-state index in [1.54, 1.807) is 7.11 Å². The molecule has 0 aromatic heterocycles. The van der Waals surface area contributed by atoms with E-state index >= 15 is 0 Å². The van der Waals surface area contributed by atoms with Gasteiger partial charge in [0.15, 0.2) is 5.78 Å². The molecule has 6 heteroatoms. The lowest BCUT2D eigenvalue weighted by molar-refractivity contribution is -0.133. The lowest BCUT2D eigenvalue weighted by Crippen LogP contribution is -2.51. The van der Waals surface area contributed by atoms with E-state index in [0.29, 0.717) is 12.0 Å². The third-order valence-corrected chi connectivity index (χ3v) is 6.44. The molecule has 30 heavy (non-hydrogen) atoms. The molecule has 1 amide bonds. The van der Waals surface area contributed by atoms with Gasteiger partial charge in [0.25, 0.3) is 0 Å². The number of nitrogens with zero attached hydrogens (tertiary/aromatic N) is 2. The third kappa shape index (κ3) is 5.13. The Bertz CT molecular complexity index is 887. The number of ketones is 1. The van der Waals surface area contributed by atoms with E-state index in [0.717, 1.165) is 48.7 Å². The summed E-state index contributed by atoms with van der Waals surface area (Å²) in [6.45, 7) is 3.53. The van der Waals surface area contributed by atoms with Crippen LogP contribution in [0, 0.1) is 0 Å². The Kier molecular flexibility index (Phi) is 7.73. The van der Waals surface area contributed by atoms with Gasteiger partial charge in [-0.15, -0.1) is 12.4 Å². The highest BCUT2D eigenvalue weighted by Gasteiger charge is 2.27. The number of halogens is 1. The van der Waals surface area contributed by atoms with Crippen LogP contribution < -0.4 is 4.74 Å². The summed E-state index contributed by atoms with van der Waals surface area (Å²) < 4.78 is 5.25. The molecule has 1 aliphatic heterocycles. The average Bonchev–Trinajstić information content (AvgIpc) is 3.31. The summed E-state index contributed by atoms with van der Waals surface area (Å²) in [4.78, 5) is 29.7. The standard InChI is InChI=1S/C24H30N2O3.ClH/c1-29-22-9-8-18-16-20(7-6-19(18)17-22)23(27)10-11-24(28)26-14-12-25(13-15-26)21-4-2-3-5-21;/h6-9,16-17,21H,2-5,10-15H2,1H3;1H. The van der Waals surface area contributed by atoms with Gasteiger partial charge in [0.05, 0.1) is 7.11 Å². The highest BCUT2D eigenvalue weighted by molar-refractivity contribution is 6.01. The first-order valence-corrected chi connectivity index (χ1v) is 10.8. The van der Waals surface area contributed by atoms with Crippen molar-refractivity contribution < 1.29 is 14.3 Å². The number of carbonyl (C=O) groups is 2. The lowest BCUT2D eigenvalue weighted by Gasteiger charge is -2.38. The Morgan fingerprint density at radius 3 is 2.30 bits per heavy atom. The maximum absolute atomic E-state index is 12.6. The quantitative estimate of drug-likeness (QED) is 0.640. The number of Topliss-reactive ketones (excluding diaryl/α,β-unsaturated/α-hetero) is 1. The summed E-state index contributed by atoms with van der Waals surface area (Å²) in [6.07, 6.45) is 5.86. The van der Waals surface area contributed by atoms with Gasteiger partial charge in [-0.1, -0.05) is 31.0 Å². The summed E-state index contributed by atoms with van der Waals surface area (Å²) >= 11 is 0. The molecule has 1 saturated heterocycles. The van der Waals surface area contributed by atoms with Crippen LogP contribution in [0.2, 0.25) is 0 Å². The van der Waals surface area contributed by atoms with Crippen molar-refractivity contribution in [2.24, 2.45) is 0 Å². The predicted octanol–water partition coefficient (Wildman–Crippen LogP) is 4.32. The smallest absolute Gasteiger partial charge is 0.223 e. The van der Waals surface area contributed by atoms with Gasteiger partial charge in [-0.2, -0.15) is 0 Å². The number of hydrogen-bond acceptors (Lipinski definition) is 4. The monoisotopic (exact) mass is 430 g/mol. The summed E-state index contributed by atoms with van der Waals surface area (Å²) in [5.74, 6) is 0.936. The molecule has 1 saturated carbocycles. The summed E-state index contributed by atoms with van der Waals surface area (Å²) in [7, 11) is 1.64. The van der Waals surface area contributed by atoms with Gasteiger partial charge in [0.2, 0.25) is 5.91 Å². The molecule has 2 fully saturated rings. The molecule has 0 radical (unpaired) electrons. The molecule has 1 aliphatic carbocycles. The van der Waals surface area contributed by atoms with Crippen LogP contribution in [-0.4, -0.2) is 60.8 Å². The SMILES string of the molecule is COc1ccc2cc(C(=O)CCC(=O)N3CCN(C4CCCC4)CC3)ccc2c1.Cl. The Labute approximate surface area is 184 Å². The van der Waals surface area contributed by atoms with Gasteiger partial charge in [0, 0.05) is 50.6 Å². The van der Waals surface area contributed by atoms with Crippen molar-refractivity contribution in [1.82, 2.24) is 9.80 Å². The topological polar surface area (TPSA) is 49.9 Å². The molecule has 0 spiro atoms. The van der Waals surface area contributed by atoms with Gasteiger partial charge in [0.1, 0.15) is 5.75 Å². The first-order valence-electron chi connectivity index (χ1n) is 10.8. The van der Waals surface area contributed by atoms with Crippen molar-refractivity contribution in [1.29, 1.82) is 0 Å². The van der Waals surface area contributed by atoms with Gasteiger partial charge >= 0.3 is 0 Å². The van der Waals surface area contributed by atoms with Crippen molar-refractivity contribution >= 4 is 34.9 Å². The van der Waals surface area contributed by atoms with E-state index in [2.05, 4.69) is 4.90 Å². The minimum absolute atomic E-state index is 0. The highest BCUT2D eigenvalue weighted by Crippen LogP contribution is 2.25. The first kappa shape index (κ1) is 22.6. The molecule has 0 N–H and O–H groups in total. The summed E-state index contributed by atoms with van der Waals surface area (Å²) in [5, 5.41) is 2.04. The second-order valence-corrected chi connectivity index (χ2v) is 8.21. The van der Waals surface area contributed by atoms with Gasteiger partial charge in [-0.25, -0.2) is 0 Å². The van der Waals surface area contributed by atoms with E-state index < -0.39 is 0 Å². The third-order valence-electron chi connectivity index (χ3n) is 6.44. The number of ether oxygens (including phenoxy) is 1. The van der Waals surface area contributed by atoms with Crippen molar-refractivity contribution in [2.75, 3.05) is 33.3 Å². The number of benzene rings is 2. The number of amides is 1. The predicted molar refractivity (Wildman–Crippen MR) is 122 cm³/mol. The van der Waals surface area contributed by atoms with Crippen LogP contribution >= 0.6 is 12.4 Å². The summed E-state index contributed by atoms with van der Waals surface area (Å²) in [6, 6.07) is 12.2. The van der Waals surface area contributed by atoms with Crippen LogP contribution in [0.3, 0.4) is 0 Å². The number of rotatable bonds is 6. The van der Waals surface area contributed by atoms with Crippen molar-refractivity contribution in [3.8, 4) is 5.75 Å². The van der Waals surface area contributed by atoms with Gasteiger partial charge in [-0.3, -0.25) is 14.5 Å². The van der Waals surface area contributed by atoms with Crippen LogP contribution in [-0.2, 0) is 4.79 Å². The van der Waals surface area contributed by atoms with Crippen molar-refractivity contribution in [3.63, 3.8) is 0 Å². The van der Waals surface area contributed by atoms with E-state index in [4.69, 9.17) is 4.74 Å². The average molecular weight is 431 g/mol. The molecule has 0 unspecified atom stereocenters. The summed E-state index contributed by atoms with van der Waals surface area (Å²) in [5.41, 5.74) is 0.668. The molecule has 0 bridgehead atoms. The Morgan fingerprint density at radius 1 is 0.933 bits per heavy atom. The van der Waals surface area contributed by atoms with Crippen LogP contribution in [0.5, 0.6) is 5.75 Å². The Balaban J connectivity index is 0.00000256. The van der Waals surface area contributed by atoms with Gasteiger partial charge < -0.3 is 9.64 Å². The second kappa shape index (κ2) is 10.3. The first-order chi connectivity index (χ1) is 14.1. The minimum Gasteiger partial charge on any atom is -0.497 e. The molecule has 0 atom stereocenters. The van der Waals surface area contributed by atoms with E-state index in [-0.39, 0.29) is 30.5 Å². The fourth-order valence-corrected chi connectivity index (χ4v) is 4.65. The van der Waals surface area contributed by atoms with Crippen LogP contribution in [0.15, 0.2) is 36.4 Å². The minimum atomic E-state index is 0. The van der Waals surface area contributed by atoms with Crippen LogP contribution in [0.25, 0.3) is 10.8 Å². The molecule has 162 valence electrons. The maximum atomic E-state index is 12.6. The van der Waals surface area contributed by atoms with Crippen LogP contribution in [0.4, 0.5) is 0 Å². The normalized spacial score (nSPS) is 17.7. The molecule has 1 heterocycles. The molecular formula is C24H31ClN2O3. The molecular weight excluding hydrogens is 400 g/mol. The number of hydrogen-bond donors (Lipinski definition) is 0. The maximum Gasteiger partial charge on any atom is 0.223 e. The number of fused-ring (bicyclic) bond motifs is 1. The zero-order valence-electron chi connectivity index (χ0n) is 17.6. The largest absolute Gasteiger partial charge is 0.497 e. The molecule has 2 aliphatic rings. The number of carbonyl (C=O) groups excluding carboxylic acids is 2. The Hall–Kier alpha value is -2.11. The van der Waals surface area contributed by atoms with E-state index in [1.807, 2.05) is 41.3 Å². The fraction of sp³-hybridized carbons (Fsp3) is 0.500. The molecule has 4 rings (SSSR count). The van der Waals surface area contributed by atoms with Crippen molar-refractivity contribution in [2.45, 2.75) is 44.6 Å². The highest BCUT2D eigenvalue weighted by atomic mass is 35.5.